The molecule has 146 valence electrons. The Kier molecular flexibility index (Phi) is 5.39. The molecule has 0 radical (unpaired) electrons. The van der Waals surface area contributed by atoms with E-state index in [9.17, 15) is 14.4 Å². The molecular weight excluding hydrogens is 346 g/mol. The summed E-state index contributed by atoms with van der Waals surface area (Å²) in [5.41, 5.74) is 0.109. The predicted octanol–water partition coefficient (Wildman–Crippen LogP) is 1.14. The molecule has 2 fully saturated rings. The van der Waals surface area contributed by atoms with E-state index in [1.54, 1.807) is 36.3 Å². The Morgan fingerprint density at radius 2 is 1.89 bits per heavy atom. The second-order valence-electron chi connectivity index (χ2n) is 7.83. The Morgan fingerprint density at radius 3 is 2.52 bits per heavy atom. The van der Waals surface area contributed by atoms with Crippen LogP contribution in [0.1, 0.15) is 30.6 Å². The number of rotatable bonds is 3. The van der Waals surface area contributed by atoms with Gasteiger partial charge in [-0.3, -0.25) is 14.4 Å². The molecule has 7 nitrogen and oxygen atoms in total. The van der Waals surface area contributed by atoms with E-state index in [4.69, 9.17) is 4.74 Å². The fourth-order valence-corrected chi connectivity index (χ4v) is 3.90. The molecule has 0 bridgehead atoms. The molecule has 2 aliphatic rings. The predicted molar refractivity (Wildman–Crippen MR) is 100 cm³/mol. The summed E-state index contributed by atoms with van der Waals surface area (Å²) in [5.74, 6) is 0.436. The third-order valence-electron chi connectivity index (χ3n) is 5.30. The molecule has 1 atom stereocenters. The van der Waals surface area contributed by atoms with Crippen molar-refractivity contribution in [3.05, 3.63) is 29.8 Å². The van der Waals surface area contributed by atoms with Crippen LogP contribution < -0.4 is 10.1 Å². The second kappa shape index (κ2) is 7.58. The highest BCUT2D eigenvalue weighted by Crippen LogP contribution is 2.32. The summed E-state index contributed by atoms with van der Waals surface area (Å²) in [5, 5.41) is 2.88. The van der Waals surface area contributed by atoms with Crippen LogP contribution in [0.5, 0.6) is 5.75 Å². The van der Waals surface area contributed by atoms with Gasteiger partial charge in [-0.15, -0.1) is 0 Å². The third-order valence-corrected chi connectivity index (χ3v) is 5.30. The topological polar surface area (TPSA) is 79.0 Å². The van der Waals surface area contributed by atoms with Gasteiger partial charge in [0.05, 0.1) is 7.11 Å². The van der Waals surface area contributed by atoms with E-state index in [0.29, 0.717) is 50.5 Å². The first-order valence-electron chi connectivity index (χ1n) is 9.32. The summed E-state index contributed by atoms with van der Waals surface area (Å²) in [6, 6.07) is 7.06. The highest BCUT2D eigenvalue weighted by atomic mass is 16.5. The maximum absolute atomic E-state index is 13.1. The molecule has 1 aromatic rings. The number of amides is 3. The fourth-order valence-electron chi connectivity index (χ4n) is 3.90. The minimum Gasteiger partial charge on any atom is -0.497 e. The highest BCUT2D eigenvalue weighted by molar-refractivity contribution is 5.95. The largest absolute Gasteiger partial charge is 0.497 e. The second-order valence-corrected chi connectivity index (χ2v) is 7.83. The van der Waals surface area contributed by atoms with Crippen molar-refractivity contribution in [2.24, 2.45) is 11.3 Å². The first-order chi connectivity index (χ1) is 12.8. The van der Waals surface area contributed by atoms with Crippen LogP contribution in [0.2, 0.25) is 0 Å². The van der Waals surface area contributed by atoms with Gasteiger partial charge in [0.1, 0.15) is 5.75 Å². The molecule has 0 saturated carbocycles. The summed E-state index contributed by atoms with van der Waals surface area (Å²) in [6.45, 7) is 6.09. The molecule has 1 N–H and O–H groups in total. The van der Waals surface area contributed by atoms with Crippen LogP contribution in [-0.2, 0) is 9.59 Å². The van der Waals surface area contributed by atoms with Gasteiger partial charge in [-0.25, -0.2) is 0 Å². The van der Waals surface area contributed by atoms with Gasteiger partial charge in [-0.05, 0) is 18.2 Å². The van der Waals surface area contributed by atoms with Crippen molar-refractivity contribution in [2.45, 2.75) is 20.3 Å². The standard InChI is InChI=1S/C20H27N3O4/c1-14(2)18(25)22-7-8-23(13-20(12-22)10-17(24)21-11-20)19(26)15-5-4-6-16(9-15)27-3/h4-6,9,14H,7-8,10-13H2,1-3H3,(H,21,24). The molecule has 1 aromatic carbocycles. The maximum Gasteiger partial charge on any atom is 0.254 e. The summed E-state index contributed by atoms with van der Waals surface area (Å²) in [4.78, 5) is 41.2. The van der Waals surface area contributed by atoms with Crippen LogP contribution in [0.4, 0.5) is 0 Å². The van der Waals surface area contributed by atoms with Crippen molar-refractivity contribution in [3.8, 4) is 5.75 Å². The molecule has 27 heavy (non-hydrogen) atoms. The van der Waals surface area contributed by atoms with Gasteiger partial charge in [-0.2, -0.15) is 0 Å². The molecular formula is C20H27N3O4. The fraction of sp³-hybridized carbons (Fsp3) is 0.550. The molecule has 7 heteroatoms. The van der Waals surface area contributed by atoms with Gasteiger partial charge >= 0.3 is 0 Å². The van der Waals surface area contributed by atoms with Crippen molar-refractivity contribution in [1.29, 1.82) is 0 Å². The first-order valence-corrected chi connectivity index (χ1v) is 9.32. The van der Waals surface area contributed by atoms with E-state index in [0.717, 1.165) is 0 Å². The molecule has 2 saturated heterocycles. The number of benzene rings is 1. The zero-order valence-corrected chi connectivity index (χ0v) is 16.2. The van der Waals surface area contributed by atoms with Gasteiger partial charge in [-0.1, -0.05) is 19.9 Å². The third kappa shape index (κ3) is 4.07. The number of hydrogen-bond acceptors (Lipinski definition) is 4. The summed E-state index contributed by atoms with van der Waals surface area (Å²) >= 11 is 0. The SMILES string of the molecule is COc1cccc(C(=O)N2CCN(C(=O)C(C)C)CC3(CNC(=O)C3)C2)c1. The van der Waals surface area contributed by atoms with Gasteiger partial charge in [0, 0.05) is 56.0 Å². The quantitative estimate of drug-likeness (QED) is 0.862. The lowest BCUT2D eigenvalue weighted by atomic mass is 9.85. The molecule has 0 aliphatic carbocycles. The van der Waals surface area contributed by atoms with E-state index in [-0.39, 0.29) is 23.6 Å². The number of nitrogens with zero attached hydrogens (tertiary/aromatic N) is 2. The zero-order chi connectivity index (χ0) is 19.6. The average molecular weight is 373 g/mol. The van der Waals surface area contributed by atoms with Crippen molar-refractivity contribution >= 4 is 17.7 Å². The van der Waals surface area contributed by atoms with Gasteiger partial charge in [0.25, 0.3) is 5.91 Å². The van der Waals surface area contributed by atoms with E-state index in [2.05, 4.69) is 5.32 Å². The average Bonchev–Trinajstić information content (AvgIpc) is 2.91. The summed E-state index contributed by atoms with van der Waals surface area (Å²) < 4.78 is 5.22. The van der Waals surface area contributed by atoms with E-state index >= 15 is 0 Å². The molecule has 3 amide bonds. The number of carbonyl (C=O) groups is 3. The lowest BCUT2D eigenvalue weighted by Crippen LogP contribution is -2.45. The molecule has 3 rings (SSSR count). The smallest absolute Gasteiger partial charge is 0.254 e. The normalized spacial score (nSPS) is 22.7. The highest BCUT2D eigenvalue weighted by Gasteiger charge is 2.45. The van der Waals surface area contributed by atoms with Gasteiger partial charge in [0.15, 0.2) is 0 Å². The number of nitrogens with one attached hydrogen (secondary N) is 1. The number of ether oxygens (including phenoxy) is 1. The Balaban J connectivity index is 1.86. The summed E-state index contributed by atoms with van der Waals surface area (Å²) in [6.07, 6.45) is 0.330. The summed E-state index contributed by atoms with van der Waals surface area (Å²) in [7, 11) is 1.57. The lowest BCUT2D eigenvalue weighted by molar-refractivity contribution is -0.135. The van der Waals surface area contributed by atoms with Crippen molar-refractivity contribution in [2.75, 3.05) is 39.8 Å². The van der Waals surface area contributed by atoms with Gasteiger partial charge in [0.2, 0.25) is 11.8 Å². The minimum atomic E-state index is -0.438. The van der Waals surface area contributed by atoms with Crippen LogP contribution >= 0.6 is 0 Å². The lowest BCUT2D eigenvalue weighted by Gasteiger charge is -2.33. The van der Waals surface area contributed by atoms with Crippen molar-refractivity contribution in [3.63, 3.8) is 0 Å². The first kappa shape index (κ1) is 19.2. The van der Waals surface area contributed by atoms with Gasteiger partial charge < -0.3 is 19.9 Å². The van der Waals surface area contributed by atoms with Crippen LogP contribution in [0.15, 0.2) is 24.3 Å². The van der Waals surface area contributed by atoms with E-state index in [1.807, 2.05) is 18.7 Å². The Morgan fingerprint density at radius 1 is 1.19 bits per heavy atom. The molecule has 1 unspecified atom stereocenters. The van der Waals surface area contributed by atoms with Crippen LogP contribution in [-0.4, -0.2) is 67.4 Å². The Labute approximate surface area is 159 Å². The van der Waals surface area contributed by atoms with E-state index < -0.39 is 5.41 Å². The number of carbonyl (C=O) groups excluding carboxylic acids is 3. The van der Waals surface area contributed by atoms with E-state index in [1.165, 1.54) is 0 Å². The molecule has 1 spiro atoms. The molecule has 0 aromatic heterocycles. The zero-order valence-electron chi connectivity index (χ0n) is 16.2. The molecule has 2 heterocycles. The minimum absolute atomic E-state index is 0.0253. The van der Waals surface area contributed by atoms with Crippen LogP contribution in [0.25, 0.3) is 0 Å². The monoisotopic (exact) mass is 373 g/mol. The maximum atomic E-state index is 13.1. The van der Waals surface area contributed by atoms with Crippen LogP contribution in [0, 0.1) is 11.3 Å². The number of hydrogen-bond donors (Lipinski definition) is 1. The number of methoxy groups -OCH3 is 1. The Bertz CT molecular complexity index is 748. The Hall–Kier alpha value is -2.57. The molecule has 2 aliphatic heterocycles. The van der Waals surface area contributed by atoms with Crippen molar-refractivity contribution < 1.29 is 19.1 Å². The van der Waals surface area contributed by atoms with Crippen molar-refractivity contribution in [1.82, 2.24) is 15.1 Å². The van der Waals surface area contributed by atoms with Crippen LogP contribution in [0.3, 0.4) is 0 Å².